The average Bonchev–Trinajstić information content (AvgIpc) is 2.35. The molecule has 0 saturated carbocycles. The number of rotatable bonds is 4. The highest BCUT2D eigenvalue weighted by molar-refractivity contribution is 5.83. The first-order valence-electron chi connectivity index (χ1n) is 6.08. The molecule has 1 aromatic rings. The molecule has 0 heterocycles. The number of carbonyl (C=O) groups is 1. The maximum Gasteiger partial charge on any atom is 0.243 e. The van der Waals surface area contributed by atoms with Gasteiger partial charge in [0.1, 0.15) is 5.75 Å². The average molecular weight is 250 g/mol. The predicted octanol–water partition coefficient (Wildman–Crippen LogP) is 2.25. The smallest absolute Gasteiger partial charge is 0.243 e. The molecule has 0 radical (unpaired) electrons. The Morgan fingerprint density at radius 2 is 1.94 bits per heavy atom. The van der Waals surface area contributed by atoms with Gasteiger partial charge in [-0.15, -0.1) is 0 Å². The van der Waals surface area contributed by atoms with E-state index in [1.165, 1.54) is 5.56 Å². The van der Waals surface area contributed by atoms with Crippen LogP contribution in [-0.2, 0) is 4.79 Å². The van der Waals surface area contributed by atoms with Gasteiger partial charge in [0, 0.05) is 12.6 Å². The van der Waals surface area contributed by atoms with Crippen molar-refractivity contribution in [2.75, 3.05) is 14.2 Å². The summed E-state index contributed by atoms with van der Waals surface area (Å²) in [4.78, 5) is 11.9. The zero-order valence-corrected chi connectivity index (χ0v) is 11.7. The van der Waals surface area contributed by atoms with E-state index in [0.29, 0.717) is 5.92 Å². The second kappa shape index (κ2) is 5.87. The summed E-state index contributed by atoms with van der Waals surface area (Å²) in [5, 5.41) is 1.11. The van der Waals surface area contributed by atoms with Crippen LogP contribution in [0.3, 0.4) is 0 Å². The maximum absolute atomic E-state index is 11.9. The van der Waals surface area contributed by atoms with Gasteiger partial charge >= 0.3 is 0 Å². The van der Waals surface area contributed by atoms with Crippen LogP contribution in [0.25, 0.3) is 0 Å². The number of likely N-dealkylation sites (N-methyl/N-ethyl adjacent to an activating group) is 1. The lowest BCUT2D eigenvalue weighted by Crippen LogP contribution is -2.36. The molecule has 1 rings (SSSR count). The maximum atomic E-state index is 11.9. The third kappa shape index (κ3) is 3.01. The third-order valence-electron chi connectivity index (χ3n) is 3.11. The molecule has 0 bridgehead atoms. The molecular formula is C14H22N2O2. The normalized spacial score (nSPS) is 12.4. The lowest BCUT2D eigenvalue weighted by atomic mass is 9.94. The van der Waals surface area contributed by atoms with Crippen LogP contribution < -0.4 is 10.6 Å². The van der Waals surface area contributed by atoms with Crippen molar-refractivity contribution in [1.82, 2.24) is 5.01 Å². The van der Waals surface area contributed by atoms with Gasteiger partial charge in [-0.25, -0.2) is 5.84 Å². The summed E-state index contributed by atoms with van der Waals surface area (Å²) in [6.07, 6.45) is 0. The Morgan fingerprint density at radius 3 is 2.39 bits per heavy atom. The molecule has 0 aliphatic heterocycles. The molecular weight excluding hydrogens is 228 g/mol. The van der Waals surface area contributed by atoms with Crippen molar-refractivity contribution in [3.8, 4) is 5.75 Å². The van der Waals surface area contributed by atoms with E-state index in [1.54, 1.807) is 14.2 Å². The molecule has 1 aromatic carbocycles. The summed E-state index contributed by atoms with van der Waals surface area (Å²) >= 11 is 0. The van der Waals surface area contributed by atoms with Gasteiger partial charge in [-0.1, -0.05) is 26.0 Å². The number of nitrogens with zero attached hydrogens (tertiary/aromatic N) is 1. The summed E-state index contributed by atoms with van der Waals surface area (Å²) in [6.45, 7) is 6.08. The Kier molecular flexibility index (Phi) is 4.73. The Balaban J connectivity index is 3.13. The quantitative estimate of drug-likeness (QED) is 0.506. The topological polar surface area (TPSA) is 55.6 Å². The molecule has 1 amide bonds. The minimum absolute atomic E-state index is 0.134. The second-order valence-electron chi connectivity index (χ2n) is 4.83. The minimum Gasteiger partial charge on any atom is -0.496 e. The molecule has 0 spiro atoms. The fraction of sp³-hybridized carbons (Fsp3) is 0.500. The Hall–Kier alpha value is -1.55. The van der Waals surface area contributed by atoms with E-state index in [0.717, 1.165) is 16.3 Å². The fourth-order valence-electron chi connectivity index (χ4n) is 1.88. The Bertz CT molecular complexity index is 428. The molecule has 0 saturated heterocycles. The van der Waals surface area contributed by atoms with Gasteiger partial charge in [-0.3, -0.25) is 9.80 Å². The molecule has 0 fully saturated rings. The predicted molar refractivity (Wildman–Crippen MR) is 72.5 cm³/mol. The third-order valence-corrected chi connectivity index (χ3v) is 3.11. The van der Waals surface area contributed by atoms with Crippen molar-refractivity contribution in [2.45, 2.75) is 32.6 Å². The standard InChI is InChI=1S/C14H22N2O2/c1-9(2)11-6-7-12(13(8-11)18-5)10(3)14(17)16(4)15/h6-10H,15H2,1-5H3. The summed E-state index contributed by atoms with van der Waals surface area (Å²) in [5.41, 5.74) is 2.06. The summed E-state index contributed by atoms with van der Waals surface area (Å²) < 4.78 is 5.38. The Morgan fingerprint density at radius 1 is 1.33 bits per heavy atom. The SMILES string of the molecule is COc1cc(C(C)C)ccc1C(C)C(=O)N(C)N. The number of nitrogens with two attached hydrogens (primary N) is 1. The van der Waals surface area contributed by atoms with E-state index in [1.807, 2.05) is 25.1 Å². The lowest BCUT2D eigenvalue weighted by molar-refractivity contribution is -0.131. The zero-order chi connectivity index (χ0) is 13.9. The van der Waals surface area contributed by atoms with Crippen molar-refractivity contribution >= 4 is 5.91 Å². The first-order valence-corrected chi connectivity index (χ1v) is 6.08. The van der Waals surface area contributed by atoms with Gasteiger partial charge in [-0.05, 0) is 24.5 Å². The highest BCUT2D eigenvalue weighted by atomic mass is 16.5. The fourth-order valence-corrected chi connectivity index (χ4v) is 1.88. The van der Waals surface area contributed by atoms with Crippen molar-refractivity contribution in [1.29, 1.82) is 0 Å². The molecule has 1 atom stereocenters. The van der Waals surface area contributed by atoms with Gasteiger partial charge in [0.2, 0.25) is 5.91 Å². The molecule has 100 valence electrons. The van der Waals surface area contributed by atoms with E-state index in [-0.39, 0.29) is 11.8 Å². The summed E-state index contributed by atoms with van der Waals surface area (Å²) in [7, 11) is 3.17. The molecule has 0 aliphatic carbocycles. The number of hydrogen-bond donors (Lipinski definition) is 1. The van der Waals surface area contributed by atoms with Crippen LogP contribution >= 0.6 is 0 Å². The molecule has 1 unspecified atom stereocenters. The number of benzene rings is 1. The lowest BCUT2D eigenvalue weighted by Gasteiger charge is -2.20. The van der Waals surface area contributed by atoms with Gasteiger partial charge in [-0.2, -0.15) is 0 Å². The largest absolute Gasteiger partial charge is 0.496 e. The first-order chi connectivity index (χ1) is 8.38. The molecule has 4 nitrogen and oxygen atoms in total. The molecule has 0 aliphatic rings. The first kappa shape index (κ1) is 14.5. The number of hydrogen-bond acceptors (Lipinski definition) is 3. The van der Waals surface area contributed by atoms with E-state index in [9.17, 15) is 4.79 Å². The zero-order valence-electron chi connectivity index (χ0n) is 11.7. The van der Waals surface area contributed by atoms with Crippen LogP contribution in [0.4, 0.5) is 0 Å². The number of carbonyl (C=O) groups excluding carboxylic acids is 1. The van der Waals surface area contributed by atoms with E-state index >= 15 is 0 Å². The number of ether oxygens (including phenoxy) is 1. The highest BCUT2D eigenvalue weighted by Gasteiger charge is 2.21. The van der Waals surface area contributed by atoms with Crippen molar-refractivity contribution in [2.24, 2.45) is 5.84 Å². The molecule has 18 heavy (non-hydrogen) atoms. The molecule has 2 N–H and O–H groups in total. The highest BCUT2D eigenvalue weighted by Crippen LogP contribution is 2.30. The summed E-state index contributed by atoms with van der Waals surface area (Å²) in [5.74, 6) is 6.21. The van der Waals surface area contributed by atoms with Gasteiger partial charge in [0.15, 0.2) is 0 Å². The monoisotopic (exact) mass is 250 g/mol. The van der Waals surface area contributed by atoms with E-state index in [4.69, 9.17) is 10.6 Å². The van der Waals surface area contributed by atoms with Gasteiger partial charge in [0.05, 0.1) is 13.0 Å². The molecule has 0 aromatic heterocycles. The second-order valence-corrected chi connectivity index (χ2v) is 4.83. The van der Waals surface area contributed by atoms with Crippen LogP contribution in [0.5, 0.6) is 5.75 Å². The van der Waals surface area contributed by atoms with Crippen LogP contribution in [0.1, 0.15) is 43.7 Å². The van der Waals surface area contributed by atoms with Gasteiger partial charge in [0.25, 0.3) is 0 Å². The van der Waals surface area contributed by atoms with E-state index in [2.05, 4.69) is 13.8 Å². The van der Waals surface area contributed by atoms with Crippen LogP contribution in [0, 0.1) is 0 Å². The molecule has 4 heteroatoms. The van der Waals surface area contributed by atoms with Crippen LogP contribution in [0.15, 0.2) is 18.2 Å². The van der Waals surface area contributed by atoms with Crippen molar-refractivity contribution in [3.05, 3.63) is 29.3 Å². The minimum atomic E-state index is -0.309. The van der Waals surface area contributed by atoms with Crippen LogP contribution in [0.2, 0.25) is 0 Å². The van der Waals surface area contributed by atoms with Crippen molar-refractivity contribution in [3.63, 3.8) is 0 Å². The number of methoxy groups -OCH3 is 1. The van der Waals surface area contributed by atoms with Gasteiger partial charge < -0.3 is 4.74 Å². The van der Waals surface area contributed by atoms with E-state index < -0.39 is 0 Å². The number of hydrazine groups is 1. The van der Waals surface area contributed by atoms with Crippen molar-refractivity contribution < 1.29 is 9.53 Å². The Labute approximate surface area is 109 Å². The number of amides is 1. The van der Waals surface area contributed by atoms with Crippen LogP contribution in [-0.4, -0.2) is 25.1 Å². The summed E-state index contributed by atoms with van der Waals surface area (Å²) in [6, 6.07) is 5.96.